The van der Waals surface area contributed by atoms with Crippen molar-refractivity contribution in [1.29, 1.82) is 0 Å². The van der Waals surface area contributed by atoms with E-state index in [1.807, 2.05) is 0 Å². The molecule has 0 N–H and O–H groups in total. The van der Waals surface area contributed by atoms with Crippen molar-refractivity contribution in [2.24, 2.45) is 5.92 Å². The SMILES string of the molecule is CCOc1ccc(C2CCC(CC/C=C(/C)F)CC2)c(F)c1F. The minimum absolute atomic E-state index is 0.0178. The first-order chi connectivity index (χ1) is 11.0. The molecule has 2 rings (SSSR count). The average Bonchev–Trinajstić information content (AvgIpc) is 2.53. The Morgan fingerprint density at radius 2 is 1.87 bits per heavy atom. The molecule has 0 radical (unpaired) electrons. The summed E-state index contributed by atoms with van der Waals surface area (Å²) in [5, 5.41) is 0. The minimum atomic E-state index is -0.880. The van der Waals surface area contributed by atoms with Gasteiger partial charge in [-0.2, -0.15) is 4.39 Å². The Morgan fingerprint density at radius 3 is 2.48 bits per heavy atom. The Balaban J connectivity index is 1.95. The van der Waals surface area contributed by atoms with Gasteiger partial charge in [0.05, 0.1) is 12.4 Å². The third-order valence-corrected chi connectivity index (χ3v) is 4.66. The van der Waals surface area contributed by atoms with Crippen molar-refractivity contribution in [2.75, 3.05) is 6.61 Å². The molecule has 0 amide bonds. The van der Waals surface area contributed by atoms with Crippen molar-refractivity contribution in [3.8, 4) is 5.75 Å². The Hall–Kier alpha value is -1.45. The molecule has 0 aromatic heterocycles. The van der Waals surface area contributed by atoms with E-state index < -0.39 is 11.6 Å². The summed E-state index contributed by atoms with van der Waals surface area (Å²) >= 11 is 0. The molecule has 0 bridgehead atoms. The van der Waals surface area contributed by atoms with Crippen LogP contribution in [0, 0.1) is 17.6 Å². The third-order valence-electron chi connectivity index (χ3n) is 4.66. The highest BCUT2D eigenvalue weighted by Crippen LogP contribution is 2.39. The van der Waals surface area contributed by atoms with E-state index in [-0.39, 0.29) is 17.5 Å². The Bertz CT molecular complexity index is 542. The van der Waals surface area contributed by atoms with Crippen LogP contribution in [0.2, 0.25) is 0 Å². The van der Waals surface area contributed by atoms with E-state index in [0.717, 1.165) is 38.5 Å². The van der Waals surface area contributed by atoms with Gasteiger partial charge in [-0.25, -0.2) is 8.78 Å². The van der Waals surface area contributed by atoms with Crippen molar-refractivity contribution in [1.82, 2.24) is 0 Å². The molecule has 1 fully saturated rings. The maximum atomic E-state index is 14.3. The predicted octanol–water partition coefficient (Wildman–Crippen LogP) is 6.29. The molecule has 0 heterocycles. The zero-order valence-corrected chi connectivity index (χ0v) is 13.9. The molecule has 1 aromatic carbocycles. The Labute approximate surface area is 136 Å². The zero-order chi connectivity index (χ0) is 16.8. The van der Waals surface area contributed by atoms with Gasteiger partial charge in [-0.05, 0) is 75.8 Å². The van der Waals surface area contributed by atoms with E-state index in [2.05, 4.69) is 0 Å². The van der Waals surface area contributed by atoms with Crippen LogP contribution in [0.5, 0.6) is 5.75 Å². The number of allylic oxidation sites excluding steroid dienone is 2. The van der Waals surface area contributed by atoms with Gasteiger partial charge >= 0.3 is 0 Å². The maximum absolute atomic E-state index is 14.3. The molecule has 1 aliphatic rings. The summed E-state index contributed by atoms with van der Waals surface area (Å²) in [7, 11) is 0. The molecule has 1 nitrogen and oxygen atoms in total. The van der Waals surface area contributed by atoms with E-state index in [4.69, 9.17) is 4.74 Å². The van der Waals surface area contributed by atoms with Gasteiger partial charge in [0.25, 0.3) is 0 Å². The smallest absolute Gasteiger partial charge is 0.200 e. The standard InChI is InChI=1S/C19H25F3O/c1-3-23-17-12-11-16(18(21)19(17)22)15-9-7-14(8-10-15)6-4-5-13(2)20/h5,11-12,14-15H,3-4,6-10H2,1-2H3/b13-5-. The second-order valence-electron chi connectivity index (χ2n) is 6.30. The number of ether oxygens (including phenoxy) is 1. The van der Waals surface area contributed by atoms with E-state index in [0.29, 0.717) is 18.1 Å². The van der Waals surface area contributed by atoms with Crippen LogP contribution >= 0.6 is 0 Å². The van der Waals surface area contributed by atoms with E-state index >= 15 is 0 Å². The van der Waals surface area contributed by atoms with Gasteiger partial charge in [0.1, 0.15) is 0 Å². The molecule has 0 saturated heterocycles. The first kappa shape index (κ1) is 17.9. The van der Waals surface area contributed by atoms with Gasteiger partial charge in [-0.3, -0.25) is 0 Å². The number of halogens is 3. The van der Waals surface area contributed by atoms with Gasteiger partial charge in [0, 0.05) is 0 Å². The summed E-state index contributed by atoms with van der Waals surface area (Å²) < 4.78 is 46.0. The summed E-state index contributed by atoms with van der Waals surface area (Å²) in [6.07, 6.45) is 7.02. The normalized spacial score (nSPS) is 22.2. The highest BCUT2D eigenvalue weighted by molar-refractivity contribution is 5.33. The summed E-state index contributed by atoms with van der Waals surface area (Å²) in [5.41, 5.74) is 0.462. The fourth-order valence-electron chi connectivity index (χ4n) is 3.41. The van der Waals surface area contributed by atoms with Crippen LogP contribution in [0.3, 0.4) is 0 Å². The van der Waals surface area contributed by atoms with Gasteiger partial charge in [0.15, 0.2) is 11.6 Å². The zero-order valence-electron chi connectivity index (χ0n) is 13.9. The van der Waals surface area contributed by atoms with Crippen molar-refractivity contribution in [3.05, 3.63) is 41.2 Å². The second kappa shape index (κ2) is 8.42. The van der Waals surface area contributed by atoms with E-state index in [1.165, 1.54) is 13.0 Å². The molecule has 0 spiro atoms. The van der Waals surface area contributed by atoms with Crippen molar-refractivity contribution >= 4 is 0 Å². The lowest BCUT2D eigenvalue weighted by Gasteiger charge is -2.29. The third kappa shape index (κ3) is 4.76. The van der Waals surface area contributed by atoms with Crippen LogP contribution in [0.25, 0.3) is 0 Å². The fraction of sp³-hybridized carbons (Fsp3) is 0.579. The van der Waals surface area contributed by atoms with Crippen LogP contribution < -0.4 is 4.74 Å². The molecule has 1 aromatic rings. The van der Waals surface area contributed by atoms with Crippen LogP contribution in [0.1, 0.15) is 63.9 Å². The highest BCUT2D eigenvalue weighted by Gasteiger charge is 2.26. The predicted molar refractivity (Wildman–Crippen MR) is 86.3 cm³/mol. The first-order valence-corrected chi connectivity index (χ1v) is 8.45. The summed E-state index contributed by atoms with van der Waals surface area (Å²) in [4.78, 5) is 0. The molecular weight excluding hydrogens is 301 g/mol. The Kier molecular flexibility index (Phi) is 6.55. The summed E-state index contributed by atoms with van der Waals surface area (Å²) in [6.45, 7) is 3.51. The lowest BCUT2D eigenvalue weighted by molar-refractivity contribution is 0.297. The molecule has 0 aliphatic heterocycles. The van der Waals surface area contributed by atoms with Gasteiger partial charge in [0.2, 0.25) is 5.82 Å². The van der Waals surface area contributed by atoms with E-state index in [9.17, 15) is 13.2 Å². The van der Waals surface area contributed by atoms with Crippen LogP contribution in [-0.4, -0.2) is 6.61 Å². The number of benzene rings is 1. The second-order valence-corrected chi connectivity index (χ2v) is 6.30. The van der Waals surface area contributed by atoms with Crippen molar-refractivity contribution in [3.63, 3.8) is 0 Å². The molecule has 0 atom stereocenters. The number of rotatable bonds is 6. The molecule has 4 heteroatoms. The largest absolute Gasteiger partial charge is 0.491 e. The summed E-state index contributed by atoms with van der Waals surface area (Å²) in [5.74, 6) is -1.18. The minimum Gasteiger partial charge on any atom is -0.491 e. The molecular formula is C19H25F3O. The molecule has 0 unspecified atom stereocenters. The van der Waals surface area contributed by atoms with Crippen LogP contribution in [0.15, 0.2) is 24.0 Å². The molecule has 1 saturated carbocycles. The quantitative estimate of drug-likeness (QED) is 0.597. The molecule has 1 aliphatic carbocycles. The van der Waals surface area contributed by atoms with Gasteiger partial charge in [-0.1, -0.05) is 12.1 Å². The van der Waals surface area contributed by atoms with Crippen LogP contribution in [0.4, 0.5) is 13.2 Å². The first-order valence-electron chi connectivity index (χ1n) is 8.45. The lowest BCUT2D eigenvalue weighted by atomic mass is 9.77. The number of hydrogen-bond acceptors (Lipinski definition) is 1. The maximum Gasteiger partial charge on any atom is 0.200 e. The van der Waals surface area contributed by atoms with Gasteiger partial charge < -0.3 is 4.74 Å². The molecule has 128 valence electrons. The van der Waals surface area contributed by atoms with Crippen LogP contribution in [-0.2, 0) is 0 Å². The van der Waals surface area contributed by atoms with Crippen molar-refractivity contribution in [2.45, 2.75) is 58.3 Å². The lowest BCUT2D eigenvalue weighted by Crippen LogP contribution is -2.15. The van der Waals surface area contributed by atoms with Crippen molar-refractivity contribution < 1.29 is 17.9 Å². The van der Waals surface area contributed by atoms with Gasteiger partial charge in [-0.15, -0.1) is 0 Å². The van der Waals surface area contributed by atoms with E-state index in [1.54, 1.807) is 19.1 Å². The Morgan fingerprint density at radius 1 is 1.17 bits per heavy atom. The molecule has 23 heavy (non-hydrogen) atoms. The fourth-order valence-corrected chi connectivity index (χ4v) is 3.41. The average molecular weight is 326 g/mol. The summed E-state index contributed by atoms with van der Waals surface area (Å²) in [6, 6.07) is 3.18. The topological polar surface area (TPSA) is 9.23 Å². The number of hydrogen-bond donors (Lipinski definition) is 0. The highest BCUT2D eigenvalue weighted by atomic mass is 19.2. The monoisotopic (exact) mass is 326 g/mol.